The first-order chi connectivity index (χ1) is 13.8. The fraction of sp³-hybridized carbons (Fsp3) is 0.0870. The summed E-state index contributed by atoms with van der Waals surface area (Å²) in [5.74, 6) is -0.00385. The van der Waals surface area contributed by atoms with Crippen LogP contribution in [-0.2, 0) is 6.54 Å². The summed E-state index contributed by atoms with van der Waals surface area (Å²) in [7, 11) is 0. The zero-order valence-electron chi connectivity index (χ0n) is 15.4. The van der Waals surface area contributed by atoms with E-state index in [4.69, 9.17) is 0 Å². The minimum atomic E-state index is -0.00385. The monoisotopic (exact) mass is 366 g/mol. The van der Waals surface area contributed by atoms with E-state index in [0.29, 0.717) is 16.8 Å². The molecule has 0 fully saturated rings. The molecule has 0 aliphatic heterocycles. The highest BCUT2D eigenvalue weighted by Gasteiger charge is 2.18. The van der Waals surface area contributed by atoms with Crippen LogP contribution in [-0.4, -0.2) is 25.3 Å². The molecule has 0 atom stereocenters. The first-order valence-electron chi connectivity index (χ1n) is 9.26. The van der Waals surface area contributed by atoms with Crippen LogP contribution in [0.3, 0.4) is 0 Å². The fourth-order valence-electron chi connectivity index (χ4n) is 3.72. The van der Waals surface area contributed by atoms with Gasteiger partial charge in [0.15, 0.2) is 5.78 Å². The fourth-order valence-corrected chi connectivity index (χ4v) is 3.72. The van der Waals surface area contributed by atoms with Gasteiger partial charge in [-0.15, -0.1) is 0 Å². The summed E-state index contributed by atoms with van der Waals surface area (Å²) >= 11 is 0. The minimum absolute atomic E-state index is 0.00385. The van der Waals surface area contributed by atoms with Gasteiger partial charge < -0.3 is 9.55 Å². The molecule has 0 bridgehead atoms. The average Bonchev–Trinajstić information content (AvgIpc) is 3.37. The summed E-state index contributed by atoms with van der Waals surface area (Å²) in [6.07, 6.45) is 9.11. The van der Waals surface area contributed by atoms with Crippen molar-refractivity contribution in [1.29, 1.82) is 0 Å². The van der Waals surface area contributed by atoms with Gasteiger partial charge in [-0.3, -0.25) is 9.78 Å². The van der Waals surface area contributed by atoms with Gasteiger partial charge in [0.25, 0.3) is 0 Å². The van der Waals surface area contributed by atoms with E-state index in [-0.39, 0.29) is 5.78 Å². The predicted molar refractivity (Wildman–Crippen MR) is 110 cm³/mol. The molecule has 5 nitrogen and oxygen atoms in total. The Balaban J connectivity index is 1.65. The highest BCUT2D eigenvalue weighted by molar-refractivity contribution is 6.21. The molecule has 0 saturated heterocycles. The third kappa shape index (κ3) is 2.52. The smallest absolute Gasteiger partial charge is 0.195 e. The number of fused-ring (bicyclic) bond motifs is 2. The van der Waals surface area contributed by atoms with Crippen LogP contribution >= 0.6 is 0 Å². The van der Waals surface area contributed by atoms with Gasteiger partial charge in [0.2, 0.25) is 0 Å². The number of ketones is 1. The lowest BCUT2D eigenvalue weighted by Gasteiger charge is -2.05. The maximum atomic E-state index is 13.4. The number of aromatic nitrogens is 4. The Morgan fingerprint density at radius 1 is 1.04 bits per heavy atom. The van der Waals surface area contributed by atoms with Gasteiger partial charge in [0.1, 0.15) is 5.65 Å². The topological polar surface area (TPSA) is 63.6 Å². The molecule has 5 rings (SSSR count). The number of carbonyl (C=O) groups is 1. The second-order valence-electron chi connectivity index (χ2n) is 6.73. The zero-order valence-corrected chi connectivity index (χ0v) is 15.4. The van der Waals surface area contributed by atoms with Crippen molar-refractivity contribution < 1.29 is 4.79 Å². The molecule has 5 aromatic rings. The molecule has 28 heavy (non-hydrogen) atoms. The Labute approximate surface area is 161 Å². The van der Waals surface area contributed by atoms with Crippen molar-refractivity contribution in [2.75, 3.05) is 0 Å². The van der Waals surface area contributed by atoms with Gasteiger partial charge in [-0.05, 0) is 31.2 Å². The highest BCUT2D eigenvalue weighted by Crippen LogP contribution is 2.28. The number of benzene rings is 1. The van der Waals surface area contributed by atoms with E-state index < -0.39 is 0 Å². The lowest BCUT2D eigenvalue weighted by atomic mass is 9.99. The van der Waals surface area contributed by atoms with Crippen molar-refractivity contribution in [2.24, 2.45) is 0 Å². The molecule has 0 aliphatic carbocycles. The highest BCUT2D eigenvalue weighted by atomic mass is 16.1. The molecule has 0 aliphatic rings. The van der Waals surface area contributed by atoms with Crippen LogP contribution in [0.25, 0.3) is 33.1 Å². The molecule has 4 heterocycles. The number of hydrogen-bond acceptors (Lipinski definition) is 3. The Morgan fingerprint density at radius 2 is 1.96 bits per heavy atom. The van der Waals surface area contributed by atoms with Crippen LogP contribution in [0.5, 0.6) is 0 Å². The Morgan fingerprint density at radius 3 is 2.79 bits per heavy atom. The number of carbonyl (C=O) groups excluding carboxylic acids is 1. The number of aromatic amines is 1. The minimum Gasteiger partial charge on any atom is -0.348 e. The maximum absolute atomic E-state index is 13.4. The van der Waals surface area contributed by atoms with Crippen LogP contribution in [0.2, 0.25) is 0 Å². The number of pyridine rings is 2. The molecule has 1 aromatic carbocycles. The largest absolute Gasteiger partial charge is 0.348 e. The van der Waals surface area contributed by atoms with Crippen molar-refractivity contribution in [3.05, 3.63) is 84.6 Å². The van der Waals surface area contributed by atoms with E-state index in [1.165, 1.54) is 0 Å². The first kappa shape index (κ1) is 16.4. The van der Waals surface area contributed by atoms with Crippen molar-refractivity contribution in [3.8, 4) is 11.1 Å². The number of nitrogens with one attached hydrogen (secondary N) is 1. The summed E-state index contributed by atoms with van der Waals surface area (Å²) in [6.45, 7) is 2.96. The number of hydrogen-bond donors (Lipinski definition) is 1. The zero-order chi connectivity index (χ0) is 19.1. The third-order valence-corrected chi connectivity index (χ3v) is 5.17. The van der Waals surface area contributed by atoms with Crippen LogP contribution in [0, 0.1) is 0 Å². The molecule has 1 N–H and O–H groups in total. The molecule has 0 amide bonds. The van der Waals surface area contributed by atoms with E-state index in [9.17, 15) is 4.79 Å². The second-order valence-corrected chi connectivity index (χ2v) is 6.73. The quantitative estimate of drug-likeness (QED) is 0.463. The van der Waals surface area contributed by atoms with Crippen molar-refractivity contribution in [1.82, 2.24) is 19.5 Å². The van der Waals surface area contributed by atoms with Crippen LogP contribution in [0.4, 0.5) is 0 Å². The van der Waals surface area contributed by atoms with E-state index in [1.807, 2.05) is 48.7 Å². The van der Waals surface area contributed by atoms with Gasteiger partial charge >= 0.3 is 0 Å². The van der Waals surface area contributed by atoms with E-state index in [1.54, 1.807) is 24.8 Å². The standard InChI is InChI=1S/C23H18N4O/c1-2-27-10-8-17-18(6-3-7-21(17)27)22(28)20-14-26-23-19(20)11-16(13-25-23)15-5-4-9-24-12-15/h3-14H,2H2,1H3,(H,25,26). The van der Waals surface area contributed by atoms with E-state index in [0.717, 1.165) is 34.0 Å². The van der Waals surface area contributed by atoms with Crippen LogP contribution in [0.15, 0.2) is 73.4 Å². The molecule has 0 saturated carbocycles. The summed E-state index contributed by atoms with van der Waals surface area (Å²) in [5, 5.41) is 1.79. The van der Waals surface area contributed by atoms with Gasteiger partial charge in [-0.2, -0.15) is 0 Å². The first-order valence-corrected chi connectivity index (χ1v) is 9.26. The number of nitrogens with zero attached hydrogens (tertiary/aromatic N) is 3. The Bertz CT molecular complexity index is 1310. The molecule has 4 aromatic heterocycles. The Kier molecular flexibility index (Phi) is 3.79. The van der Waals surface area contributed by atoms with Crippen molar-refractivity contribution in [2.45, 2.75) is 13.5 Å². The molecular formula is C23H18N4O. The van der Waals surface area contributed by atoms with Crippen molar-refractivity contribution >= 4 is 27.7 Å². The van der Waals surface area contributed by atoms with E-state index in [2.05, 4.69) is 26.4 Å². The van der Waals surface area contributed by atoms with Crippen molar-refractivity contribution in [3.63, 3.8) is 0 Å². The van der Waals surface area contributed by atoms with Gasteiger partial charge in [0, 0.05) is 76.1 Å². The van der Waals surface area contributed by atoms with Gasteiger partial charge in [0.05, 0.1) is 0 Å². The molecule has 0 radical (unpaired) electrons. The molecule has 0 spiro atoms. The number of H-pyrrole nitrogens is 1. The van der Waals surface area contributed by atoms with Crippen LogP contribution in [0.1, 0.15) is 22.8 Å². The Hall–Kier alpha value is -3.73. The van der Waals surface area contributed by atoms with E-state index >= 15 is 0 Å². The number of aryl methyl sites for hydroxylation is 1. The number of rotatable bonds is 4. The third-order valence-electron chi connectivity index (χ3n) is 5.17. The second kappa shape index (κ2) is 6.46. The maximum Gasteiger partial charge on any atom is 0.195 e. The lowest BCUT2D eigenvalue weighted by Crippen LogP contribution is -2.01. The predicted octanol–water partition coefficient (Wildman–Crippen LogP) is 4.83. The SMILES string of the molecule is CCn1ccc2c(C(=O)c3c[nH]c4ncc(-c5cccnc5)cc34)cccc21. The van der Waals surface area contributed by atoms with Gasteiger partial charge in [-0.25, -0.2) is 4.98 Å². The van der Waals surface area contributed by atoms with Gasteiger partial charge in [-0.1, -0.05) is 18.2 Å². The summed E-state index contributed by atoms with van der Waals surface area (Å²) in [6, 6.07) is 13.8. The average molecular weight is 366 g/mol. The summed E-state index contributed by atoms with van der Waals surface area (Å²) < 4.78 is 2.14. The molecule has 0 unspecified atom stereocenters. The summed E-state index contributed by atoms with van der Waals surface area (Å²) in [4.78, 5) is 25.2. The lowest BCUT2D eigenvalue weighted by molar-refractivity contribution is 0.104. The normalized spacial score (nSPS) is 11.3. The van der Waals surface area contributed by atoms with Crippen LogP contribution < -0.4 is 0 Å². The molecular weight excluding hydrogens is 348 g/mol. The molecule has 136 valence electrons. The molecule has 5 heteroatoms. The summed E-state index contributed by atoms with van der Waals surface area (Å²) in [5.41, 5.74) is 5.02.